The van der Waals surface area contributed by atoms with Gasteiger partial charge >= 0.3 is 0 Å². The van der Waals surface area contributed by atoms with Gasteiger partial charge in [0.05, 0.1) is 0 Å². The van der Waals surface area contributed by atoms with E-state index in [0.717, 1.165) is 25.3 Å². The van der Waals surface area contributed by atoms with Crippen molar-refractivity contribution in [3.63, 3.8) is 0 Å². The topological polar surface area (TPSA) is 48.4 Å². The Balaban J connectivity index is 2.32. The van der Waals surface area contributed by atoms with E-state index in [1.165, 1.54) is 0 Å². The molecular formula is C13H19F2N3O. The standard InChI is InChI=1S/C13H19F2N3O/c1-16-12-10(14)8-11(15)13(17-12)18-6-3-2-4-9(18)5-7-19/h8-9,19H,2-7H2,1H3,(H,16,17). The first-order valence-electron chi connectivity index (χ1n) is 6.58. The second kappa shape index (κ2) is 6.14. The number of anilines is 2. The Morgan fingerprint density at radius 3 is 2.89 bits per heavy atom. The Bertz CT molecular complexity index is 440. The van der Waals surface area contributed by atoms with Crippen LogP contribution in [0.15, 0.2) is 6.07 Å². The first-order chi connectivity index (χ1) is 9.17. The van der Waals surface area contributed by atoms with Crippen LogP contribution in [0.3, 0.4) is 0 Å². The minimum atomic E-state index is -0.695. The number of piperidine rings is 1. The fourth-order valence-electron chi connectivity index (χ4n) is 2.56. The predicted octanol–water partition coefficient (Wildman–Crippen LogP) is 2.14. The first-order valence-corrected chi connectivity index (χ1v) is 6.58. The largest absolute Gasteiger partial charge is 0.396 e. The van der Waals surface area contributed by atoms with Crippen LogP contribution < -0.4 is 10.2 Å². The van der Waals surface area contributed by atoms with Crippen molar-refractivity contribution in [2.24, 2.45) is 0 Å². The molecule has 6 heteroatoms. The maximum Gasteiger partial charge on any atom is 0.168 e. The third-order valence-electron chi connectivity index (χ3n) is 3.51. The van der Waals surface area contributed by atoms with Crippen molar-refractivity contribution in [1.29, 1.82) is 0 Å². The maximum atomic E-state index is 13.9. The van der Waals surface area contributed by atoms with Gasteiger partial charge in [0.2, 0.25) is 0 Å². The third kappa shape index (κ3) is 2.94. The lowest BCUT2D eigenvalue weighted by molar-refractivity contribution is 0.261. The third-order valence-corrected chi connectivity index (χ3v) is 3.51. The molecule has 1 aromatic heterocycles. The molecule has 1 saturated heterocycles. The quantitative estimate of drug-likeness (QED) is 0.881. The van der Waals surface area contributed by atoms with Gasteiger partial charge in [0.25, 0.3) is 0 Å². The molecule has 0 radical (unpaired) electrons. The number of aliphatic hydroxyl groups is 1. The lowest BCUT2D eigenvalue weighted by Gasteiger charge is -2.36. The molecule has 19 heavy (non-hydrogen) atoms. The number of hydrogen-bond acceptors (Lipinski definition) is 4. The molecule has 0 aromatic carbocycles. The van der Waals surface area contributed by atoms with Gasteiger partial charge in [0.15, 0.2) is 23.3 Å². The maximum absolute atomic E-state index is 13.9. The fraction of sp³-hybridized carbons (Fsp3) is 0.615. The summed E-state index contributed by atoms with van der Waals surface area (Å²) in [6, 6.07) is 0.926. The van der Waals surface area contributed by atoms with Crippen LogP contribution in [0.5, 0.6) is 0 Å². The van der Waals surface area contributed by atoms with Crippen LogP contribution in [0, 0.1) is 11.6 Å². The number of hydrogen-bond donors (Lipinski definition) is 2. The van der Waals surface area contributed by atoms with E-state index >= 15 is 0 Å². The van der Waals surface area contributed by atoms with E-state index in [1.807, 2.05) is 4.90 Å². The van der Waals surface area contributed by atoms with Crippen LogP contribution in [0.1, 0.15) is 25.7 Å². The molecule has 0 amide bonds. The highest BCUT2D eigenvalue weighted by molar-refractivity contribution is 5.50. The van der Waals surface area contributed by atoms with Crippen molar-refractivity contribution in [2.75, 3.05) is 30.4 Å². The molecule has 0 bridgehead atoms. The minimum absolute atomic E-state index is 0.0460. The van der Waals surface area contributed by atoms with Crippen molar-refractivity contribution >= 4 is 11.6 Å². The zero-order valence-corrected chi connectivity index (χ0v) is 11.0. The summed E-state index contributed by atoms with van der Waals surface area (Å²) in [5.41, 5.74) is 0. The molecule has 2 heterocycles. The van der Waals surface area contributed by atoms with E-state index in [-0.39, 0.29) is 24.3 Å². The second-order valence-electron chi connectivity index (χ2n) is 4.73. The zero-order chi connectivity index (χ0) is 13.8. The van der Waals surface area contributed by atoms with Crippen molar-refractivity contribution in [2.45, 2.75) is 31.7 Å². The molecule has 106 valence electrons. The number of halogens is 2. The number of nitrogens with zero attached hydrogens (tertiary/aromatic N) is 2. The summed E-state index contributed by atoms with van der Waals surface area (Å²) >= 11 is 0. The molecule has 1 fully saturated rings. The Kier molecular flexibility index (Phi) is 4.52. The number of aliphatic hydroxyl groups excluding tert-OH is 1. The molecule has 2 N–H and O–H groups in total. The molecule has 1 aliphatic rings. The van der Waals surface area contributed by atoms with Gasteiger partial charge in [-0.05, 0) is 25.7 Å². The van der Waals surface area contributed by atoms with E-state index in [1.54, 1.807) is 7.05 Å². The smallest absolute Gasteiger partial charge is 0.168 e. The average molecular weight is 271 g/mol. The van der Waals surface area contributed by atoms with Gasteiger partial charge in [0.1, 0.15) is 0 Å². The highest BCUT2D eigenvalue weighted by atomic mass is 19.1. The van der Waals surface area contributed by atoms with Crippen LogP contribution in [-0.2, 0) is 0 Å². The van der Waals surface area contributed by atoms with Gasteiger partial charge < -0.3 is 15.3 Å². The molecule has 1 unspecified atom stereocenters. The summed E-state index contributed by atoms with van der Waals surface area (Å²) in [6.07, 6.45) is 3.49. The van der Waals surface area contributed by atoms with Crippen molar-refractivity contribution in [3.05, 3.63) is 17.7 Å². The summed E-state index contributed by atoms with van der Waals surface area (Å²) in [7, 11) is 1.55. The molecule has 2 rings (SSSR count). The summed E-state index contributed by atoms with van der Waals surface area (Å²) in [5, 5.41) is 11.7. The normalized spacial score (nSPS) is 19.6. The molecule has 1 aromatic rings. The van der Waals surface area contributed by atoms with Crippen molar-refractivity contribution < 1.29 is 13.9 Å². The van der Waals surface area contributed by atoms with E-state index in [9.17, 15) is 8.78 Å². The molecule has 0 aliphatic carbocycles. The summed E-state index contributed by atoms with van der Waals surface area (Å²) in [6.45, 7) is 0.742. The van der Waals surface area contributed by atoms with Gasteiger partial charge in [-0.3, -0.25) is 0 Å². The van der Waals surface area contributed by atoms with Gasteiger partial charge in [0, 0.05) is 32.3 Å². The fourth-order valence-corrected chi connectivity index (χ4v) is 2.56. The zero-order valence-electron chi connectivity index (χ0n) is 11.0. The molecule has 0 saturated carbocycles. The monoisotopic (exact) mass is 271 g/mol. The Morgan fingerprint density at radius 2 is 2.21 bits per heavy atom. The van der Waals surface area contributed by atoms with Crippen LogP contribution in [0.2, 0.25) is 0 Å². The number of nitrogens with one attached hydrogen (secondary N) is 1. The molecule has 1 atom stereocenters. The van der Waals surface area contributed by atoms with Crippen molar-refractivity contribution in [3.8, 4) is 0 Å². The highest BCUT2D eigenvalue weighted by Gasteiger charge is 2.26. The lowest BCUT2D eigenvalue weighted by atomic mass is 9.99. The van der Waals surface area contributed by atoms with E-state index < -0.39 is 11.6 Å². The minimum Gasteiger partial charge on any atom is -0.396 e. The molecule has 0 spiro atoms. The van der Waals surface area contributed by atoms with Gasteiger partial charge in [-0.2, -0.15) is 0 Å². The van der Waals surface area contributed by atoms with Gasteiger partial charge in [-0.25, -0.2) is 13.8 Å². The first kappa shape index (κ1) is 14.0. The van der Waals surface area contributed by atoms with Crippen LogP contribution >= 0.6 is 0 Å². The molecule has 4 nitrogen and oxygen atoms in total. The Labute approximate surface area is 111 Å². The van der Waals surface area contributed by atoms with Gasteiger partial charge in [-0.15, -0.1) is 0 Å². The second-order valence-corrected chi connectivity index (χ2v) is 4.73. The highest BCUT2D eigenvalue weighted by Crippen LogP contribution is 2.29. The molecular weight excluding hydrogens is 252 g/mol. The van der Waals surface area contributed by atoms with Crippen molar-refractivity contribution in [1.82, 2.24) is 4.98 Å². The Hall–Kier alpha value is -1.43. The number of aromatic nitrogens is 1. The number of rotatable bonds is 4. The molecule has 1 aliphatic heterocycles. The Morgan fingerprint density at radius 1 is 1.42 bits per heavy atom. The van der Waals surface area contributed by atoms with E-state index in [4.69, 9.17) is 5.11 Å². The van der Waals surface area contributed by atoms with E-state index in [0.29, 0.717) is 13.0 Å². The van der Waals surface area contributed by atoms with Crippen LogP contribution in [-0.4, -0.2) is 36.3 Å². The summed E-state index contributed by atoms with van der Waals surface area (Å²) in [4.78, 5) is 5.87. The SMILES string of the molecule is CNc1nc(N2CCCCC2CCO)c(F)cc1F. The number of pyridine rings is 1. The van der Waals surface area contributed by atoms with Crippen LogP contribution in [0.25, 0.3) is 0 Å². The van der Waals surface area contributed by atoms with E-state index in [2.05, 4.69) is 10.3 Å². The summed E-state index contributed by atoms with van der Waals surface area (Å²) < 4.78 is 27.4. The van der Waals surface area contributed by atoms with Gasteiger partial charge in [-0.1, -0.05) is 0 Å². The average Bonchev–Trinajstić information content (AvgIpc) is 2.40. The predicted molar refractivity (Wildman–Crippen MR) is 70.4 cm³/mol. The van der Waals surface area contributed by atoms with Crippen LogP contribution in [0.4, 0.5) is 20.4 Å². The lowest BCUT2D eigenvalue weighted by Crippen LogP contribution is -2.41. The summed E-state index contributed by atoms with van der Waals surface area (Å²) in [5.74, 6) is -1.13.